The van der Waals surface area contributed by atoms with Gasteiger partial charge < -0.3 is 14.9 Å². The van der Waals surface area contributed by atoms with E-state index in [2.05, 4.69) is 0 Å². The molecule has 0 saturated heterocycles. The summed E-state index contributed by atoms with van der Waals surface area (Å²) in [4.78, 5) is 24.5. The molecule has 0 aliphatic heterocycles. The molecule has 30 heavy (non-hydrogen) atoms. The number of aliphatic hydroxyl groups excluding tert-OH is 2. The van der Waals surface area contributed by atoms with E-state index in [-0.39, 0.29) is 25.2 Å². The average Bonchev–Trinajstić information content (AvgIpc) is 3.03. The summed E-state index contributed by atoms with van der Waals surface area (Å²) < 4.78 is 5.29. The number of ketones is 1. The lowest BCUT2D eigenvalue weighted by molar-refractivity contribution is -0.147. The zero-order valence-corrected chi connectivity index (χ0v) is 16.9. The van der Waals surface area contributed by atoms with Crippen molar-refractivity contribution in [2.75, 3.05) is 0 Å². The first-order valence-corrected chi connectivity index (χ1v) is 10.3. The van der Waals surface area contributed by atoms with Gasteiger partial charge in [-0.15, -0.1) is 0 Å². The molecule has 0 unspecified atom stereocenters. The van der Waals surface area contributed by atoms with Crippen molar-refractivity contribution in [1.82, 2.24) is 0 Å². The van der Waals surface area contributed by atoms with Crippen LogP contribution in [0.15, 0.2) is 72.8 Å². The number of hydrogen-bond acceptors (Lipinski definition) is 5. The Morgan fingerprint density at radius 1 is 1.07 bits per heavy atom. The third kappa shape index (κ3) is 6.37. The zero-order valence-electron chi connectivity index (χ0n) is 16.9. The summed E-state index contributed by atoms with van der Waals surface area (Å²) in [5, 5.41) is 20.5. The zero-order chi connectivity index (χ0) is 21.3. The van der Waals surface area contributed by atoms with Gasteiger partial charge in [0.25, 0.3) is 0 Å². The van der Waals surface area contributed by atoms with E-state index < -0.39 is 30.0 Å². The molecule has 0 aromatic heterocycles. The molecule has 0 heterocycles. The summed E-state index contributed by atoms with van der Waals surface area (Å²) in [6.45, 7) is 0.155. The highest BCUT2D eigenvalue weighted by Crippen LogP contribution is 2.33. The molecule has 1 aliphatic rings. The molecule has 2 aromatic carbocycles. The van der Waals surface area contributed by atoms with Gasteiger partial charge in [0.1, 0.15) is 12.4 Å². The number of rotatable bonds is 9. The Morgan fingerprint density at radius 2 is 1.70 bits per heavy atom. The van der Waals surface area contributed by atoms with E-state index in [1.165, 1.54) is 0 Å². The van der Waals surface area contributed by atoms with Gasteiger partial charge in [-0.25, -0.2) is 0 Å². The number of carbonyl (C=O) groups is 2. The molecule has 5 nitrogen and oxygen atoms in total. The number of benzene rings is 2. The predicted molar refractivity (Wildman–Crippen MR) is 113 cm³/mol. The normalized spacial score (nSPS) is 22.3. The third-order valence-electron chi connectivity index (χ3n) is 5.49. The summed E-state index contributed by atoms with van der Waals surface area (Å²) in [5.74, 6) is -1.73. The van der Waals surface area contributed by atoms with Gasteiger partial charge in [-0.2, -0.15) is 0 Å². The van der Waals surface area contributed by atoms with Crippen molar-refractivity contribution in [1.29, 1.82) is 0 Å². The van der Waals surface area contributed by atoms with Crippen molar-refractivity contribution in [2.45, 2.75) is 44.5 Å². The summed E-state index contributed by atoms with van der Waals surface area (Å²) in [7, 11) is 0. The number of esters is 1. The lowest BCUT2D eigenvalue weighted by Gasteiger charge is -2.17. The van der Waals surface area contributed by atoms with Crippen LogP contribution in [-0.4, -0.2) is 34.2 Å². The summed E-state index contributed by atoms with van der Waals surface area (Å²) in [5.41, 5.74) is 2.02. The first kappa shape index (κ1) is 21.9. The second kappa shape index (κ2) is 10.9. The maximum Gasteiger partial charge on any atom is 0.306 e. The van der Waals surface area contributed by atoms with Crippen LogP contribution in [-0.2, 0) is 27.4 Å². The predicted octanol–water partition coefficient (Wildman–Crippen LogP) is 3.24. The van der Waals surface area contributed by atoms with E-state index in [0.29, 0.717) is 6.42 Å². The quantitative estimate of drug-likeness (QED) is 0.492. The maximum absolute atomic E-state index is 12.3. The Labute approximate surface area is 177 Å². The highest BCUT2D eigenvalue weighted by Gasteiger charge is 2.41. The minimum atomic E-state index is -0.845. The average molecular weight is 408 g/mol. The van der Waals surface area contributed by atoms with Crippen LogP contribution in [0.1, 0.15) is 30.4 Å². The van der Waals surface area contributed by atoms with Crippen LogP contribution in [0.3, 0.4) is 0 Å². The van der Waals surface area contributed by atoms with E-state index in [9.17, 15) is 19.8 Å². The Hall–Kier alpha value is -2.76. The molecule has 3 rings (SSSR count). The van der Waals surface area contributed by atoms with Crippen molar-refractivity contribution in [3.05, 3.63) is 83.9 Å². The topological polar surface area (TPSA) is 83.8 Å². The molecule has 2 N–H and O–H groups in total. The molecular weight excluding hydrogens is 380 g/mol. The van der Waals surface area contributed by atoms with Gasteiger partial charge in [0, 0.05) is 18.3 Å². The number of ether oxygens (including phenoxy) is 1. The summed E-state index contributed by atoms with van der Waals surface area (Å²) >= 11 is 0. The Balaban J connectivity index is 1.52. The molecule has 0 spiro atoms. The minimum absolute atomic E-state index is 0.0196. The monoisotopic (exact) mass is 408 g/mol. The molecule has 0 bridgehead atoms. The number of Topliss-reactive ketones (excluding diaryl/α,β-unsaturated/α-hetero) is 1. The Bertz CT molecular complexity index is 846. The van der Waals surface area contributed by atoms with E-state index in [1.807, 2.05) is 60.7 Å². The van der Waals surface area contributed by atoms with Gasteiger partial charge in [-0.1, -0.05) is 72.8 Å². The molecule has 4 atom stereocenters. The lowest BCUT2D eigenvalue weighted by atomic mass is 9.90. The van der Waals surface area contributed by atoms with Crippen LogP contribution in [0.4, 0.5) is 0 Å². The van der Waals surface area contributed by atoms with Gasteiger partial charge >= 0.3 is 5.97 Å². The fourth-order valence-electron chi connectivity index (χ4n) is 3.78. The van der Waals surface area contributed by atoms with Crippen LogP contribution in [0.5, 0.6) is 0 Å². The second-order valence-corrected chi connectivity index (χ2v) is 7.75. The molecule has 0 radical (unpaired) electrons. The highest BCUT2D eigenvalue weighted by molar-refractivity contribution is 5.88. The van der Waals surface area contributed by atoms with Crippen molar-refractivity contribution >= 4 is 11.8 Å². The van der Waals surface area contributed by atoms with Crippen molar-refractivity contribution in [3.8, 4) is 0 Å². The van der Waals surface area contributed by atoms with Gasteiger partial charge in [0.05, 0.1) is 18.6 Å². The number of hydrogen-bond donors (Lipinski definition) is 2. The fraction of sp³-hybridized carbons (Fsp3) is 0.360. The van der Waals surface area contributed by atoms with Crippen molar-refractivity contribution in [2.24, 2.45) is 11.8 Å². The van der Waals surface area contributed by atoms with E-state index in [4.69, 9.17) is 4.74 Å². The van der Waals surface area contributed by atoms with Crippen LogP contribution >= 0.6 is 0 Å². The van der Waals surface area contributed by atoms with Crippen LogP contribution in [0.2, 0.25) is 0 Å². The maximum atomic E-state index is 12.3. The smallest absolute Gasteiger partial charge is 0.306 e. The van der Waals surface area contributed by atoms with E-state index >= 15 is 0 Å². The van der Waals surface area contributed by atoms with E-state index in [1.54, 1.807) is 12.2 Å². The molecule has 5 heteroatoms. The van der Waals surface area contributed by atoms with Crippen LogP contribution in [0.25, 0.3) is 0 Å². The van der Waals surface area contributed by atoms with Crippen LogP contribution < -0.4 is 0 Å². The Kier molecular flexibility index (Phi) is 7.94. The number of aryl methyl sites for hydroxylation is 1. The number of carbonyl (C=O) groups excluding carboxylic acids is 2. The minimum Gasteiger partial charge on any atom is -0.461 e. The third-order valence-corrected chi connectivity index (χ3v) is 5.49. The largest absolute Gasteiger partial charge is 0.461 e. The SMILES string of the molecule is O=C(C[C@H]1C(=O)C[C@@H](O)[C@@H]1C=C[C@@H](O)CCc1ccccc1)OCc1ccccc1. The molecule has 158 valence electrons. The molecule has 2 aromatic rings. The van der Waals surface area contributed by atoms with Crippen molar-refractivity contribution < 1.29 is 24.5 Å². The molecule has 1 aliphatic carbocycles. The fourth-order valence-corrected chi connectivity index (χ4v) is 3.78. The molecule has 1 saturated carbocycles. The standard InChI is InChI=1S/C25H28O5/c26-20(12-11-18-7-3-1-4-8-18)13-14-21-22(24(28)16-23(21)27)15-25(29)30-17-19-9-5-2-6-10-19/h1-10,13-14,20-23,26-27H,11-12,15-17H2/t20-,21+,22+,23+/m0/s1. The van der Waals surface area contributed by atoms with Crippen LogP contribution in [0, 0.1) is 11.8 Å². The van der Waals surface area contributed by atoms with Gasteiger partial charge in [-0.3, -0.25) is 9.59 Å². The molecule has 1 fully saturated rings. The second-order valence-electron chi connectivity index (χ2n) is 7.75. The molecule has 0 amide bonds. The molecular formula is C25H28O5. The number of aliphatic hydroxyl groups is 2. The lowest BCUT2D eigenvalue weighted by Crippen LogP contribution is -2.23. The first-order valence-electron chi connectivity index (χ1n) is 10.3. The van der Waals surface area contributed by atoms with E-state index in [0.717, 1.165) is 17.5 Å². The highest BCUT2D eigenvalue weighted by atomic mass is 16.5. The van der Waals surface area contributed by atoms with Gasteiger partial charge in [0.15, 0.2) is 0 Å². The summed E-state index contributed by atoms with van der Waals surface area (Å²) in [6, 6.07) is 19.2. The van der Waals surface area contributed by atoms with Gasteiger partial charge in [-0.05, 0) is 24.0 Å². The first-order chi connectivity index (χ1) is 14.5. The van der Waals surface area contributed by atoms with Gasteiger partial charge in [0.2, 0.25) is 0 Å². The summed E-state index contributed by atoms with van der Waals surface area (Å²) in [6.07, 6.45) is 3.00. The Morgan fingerprint density at radius 3 is 2.37 bits per heavy atom. The van der Waals surface area contributed by atoms with Crippen molar-refractivity contribution in [3.63, 3.8) is 0 Å².